The summed E-state index contributed by atoms with van der Waals surface area (Å²) in [6.45, 7) is 3.91. The van der Waals surface area contributed by atoms with Crippen molar-refractivity contribution in [3.8, 4) is 16.9 Å². The van der Waals surface area contributed by atoms with E-state index in [9.17, 15) is 14.7 Å². The Labute approximate surface area is 181 Å². The number of benzene rings is 3. The molecule has 1 atom stereocenters. The summed E-state index contributed by atoms with van der Waals surface area (Å²) in [5, 5.41) is 15.8. The van der Waals surface area contributed by atoms with Gasteiger partial charge in [0.15, 0.2) is 0 Å². The van der Waals surface area contributed by atoms with E-state index in [4.69, 9.17) is 4.74 Å². The van der Waals surface area contributed by atoms with Crippen molar-refractivity contribution in [3.05, 3.63) is 84.4 Å². The molecule has 0 heterocycles. The van der Waals surface area contributed by atoms with Crippen LogP contribution in [0.25, 0.3) is 11.1 Å². The van der Waals surface area contributed by atoms with Crippen molar-refractivity contribution in [2.24, 2.45) is 0 Å². The van der Waals surface area contributed by atoms with E-state index in [2.05, 4.69) is 10.6 Å². The molecule has 0 aliphatic heterocycles. The Morgan fingerprint density at radius 2 is 1.48 bits per heavy atom. The molecule has 0 fully saturated rings. The monoisotopic (exact) mass is 418 g/mol. The van der Waals surface area contributed by atoms with Crippen molar-refractivity contribution in [2.45, 2.75) is 19.4 Å². The molecule has 3 N–H and O–H groups in total. The first-order valence-electron chi connectivity index (χ1n) is 10.1. The third kappa shape index (κ3) is 5.93. The molecule has 6 nitrogen and oxygen atoms in total. The second-order valence-corrected chi connectivity index (χ2v) is 7.31. The van der Waals surface area contributed by atoms with E-state index in [0.29, 0.717) is 23.6 Å². The summed E-state index contributed by atoms with van der Waals surface area (Å²) in [4.78, 5) is 24.3. The first-order chi connectivity index (χ1) is 14.9. The van der Waals surface area contributed by atoms with Crippen LogP contribution in [0.2, 0.25) is 0 Å². The fraction of sp³-hybridized carbons (Fsp3) is 0.200. The highest BCUT2D eigenvalue weighted by molar-refractivity contribution is 6.39. The molecule has 6 heteroatoms. The molecule has 3 aromatic carbocycles. The van der Waals surface area contributed by atoms with Gasteiger partial charge in [-0.05, 0) is 54.8 Å². The van der Waals surface area contributed by atoms with Crippen molar-refractivity contribution in [2.75, 3.05) is 18.5 Å². The van der Waals surface area contributed by atoms with Gasteiger partial charge in [0, 0.05) is 5.69 Å². The van der Waals surface area contributed by atoms with E-state index in [1.165, 1.54) is 0 Å². The highest BCUT2D eigenvalue weighted by Crippen LogP contribution is 2.25. The lowest BCUT2D eigenvalue weighted by atomic mass is 9.93. The summed E-state index contributed by atoms with van der Waals surface area (Å²) in [5.74, 6) is -0.950. The first-order valence-corrected chi connectivity index (χ1v) is 10.1. The number of hydrogen-bond acceptors (Lipinski definition) is 4. The molecule has 1 unspecified atom stereocenters. The van der Waals surface area contributed by atoms with Crippen molar-refractivity contribution in [1.82, 2.24) is 5.32 Å². The van der Waals surface area contributed by atoms with Gasteiger partial charge in [-0.25, -0.2) is 0 Å². The van der Waals surface area contributed by atoms with Crippen LogP contribution in [-0.4, -0.2) is 30.1 Å². The number of aliphatic hydroxyl groups is 1. The average molecular weight is 418 g/mol. The molecule has 3 rings (SSSR count). The number of carbonyl (C=O) groups is 2. The van der Waals surface area contributed by atoms with Crippen molar-refractivity contribution in [1.29, 1.82) is 0 Å². The molecule has 160 valence electrons. The third-order valence-corrected chi connectivity index (χ3v) is 4.84. The quantitative estimate of drug-likeness (QED) is 0.511. The number of nitrogens with one attached hydrogen (secondary N) is 2. The van der Waals surface area contributed by atoms with E-state index in [1.54, 1.807) is 31.2 Å². The lowest BCUT2D eigenvalue weighted by Gasteiger charge is -2.24. The summed E-state index contributed by atoms with van der Waals surface area (Å²) in [5.41, 5.74) is 1.89. The molecule has 0 saturated carbocycles. The fourth-order valence-corrected chi connectivity index (χ4v) is 3.08. The predicted octanol–water partition coefficient (Wildman–Crippen LogP) is 3.71. The highest BCUT2D eigenvalue weighted by Gasteiger charge is 2.25. The smallest absolute Gasteiger partial charge is 0.313 e. The second-order valence-electron chi connectivity index (χ2n) is 7.31. The van der Waals surface area contributed by atoms with E-state index >= 15 is 0 Å². The topological polar surface area (TPSA) is 87.7 Å². The predicted molar refractivity (Wildman–Crippen MR) is 121 cm³/mol. The van der Waals surface area contributed by atoms with Crippen molar-refractivity contribution in [3.63, 3.8) is 0 Å². The zero-order chi connectivity index (χ0) is 22.3. The lowest BCUT2D eigenvalue weighted by molar-refractivity contribution is -0.136. The minimum Gasteiger partial charge on any atom is -0.494 e. The number of carbonyl (C=O) groups excluding carboxylic acids is 2. The molecule has 0 aliphatic rings. The Kier molecular flexibility index (Phi) is 7.05. The molecule has 3 aromatic rings. The maximum atomic E-state index is 12.2. The molecule has 0 aliphatic carbocycles. The standard InChI is InChI=1S/C25H26N2O4/c1-3-31-22-15-13-21(14-16-22)27-24(29)23(28)26-17-25(2,30)20-11-9-19(10-12-20)18-7-5-4-6-8-18/h4-16,30H,3,17H2,1-2H3,(H,26,28)(H,27,29). The maximum Gasteiger partial charge on any atom is 0.313 e. The summed E-state index contributed by atoms with van der Waals surface area (Å²) < 4.78 is 5.34. The van der Waals surface area contributed by atoms with E-state index in [-0.39, 0.29) is 6.54 Å². The van der Waals surface area contributed by atoms with Crippen LogP contribution in [0.3, 0.4) is 0 Å². The van der Waals surface area contributed by atoms with Crippen molar-refractivity contribution < 1.29 is 19.4 Å². The van der Waals surface area contributed by atoms with Gasteiger partial charge in [0.2, 0.25) is 0 Å². The summed E-state index contributed by atoms with van der Waals surface area (Å²) >= 11 is 0. The van der Waals surface area contributed by atoms with Gasteiger partial charge in [0.1, 0.15) is 11.4 Å². The average Bonchev–Trinajstić information content (AvgIpc) is 2.79. The van der Waals surface area contributed by atoms with Gasteiger partial charge in [0.25, 0.3) is 0 Å². The van der Waals surface area contributed by atoms with Crippen molar-refractivity contribution >= 4 is 17.5 Å². The van der Waals surface area contributed by atoms with Crippen LogP contribution < -0.4 is 15.4 Å². The molecule has 0 spiro atoms. The van der Waals surface area contributed by atoms with E-state index in [0.717, 1.165) is 11.1 Å². The molecule has 31 heavy (non-hydrogen) atoms. The first kappa shape index (κ1) is 22.1. The number of hydrogen-bond donors (Lipinski definition) is 3. The highest BCUT2D eigenvalue weighted by atomic mass is 16.5. The van der Waals surface area contributed by atoms with Gasteiger partial charge in [-0.3, -0.25) is 9.59 Å². The minimum atomic E-state index is -1.33. The van der Waals surface area contributed by atoms with Gasteiger partial charge < -0.3 is 20.5 Å². The second kappa shape index (κ2) is 9.91. The molecule has 0 bridgehead atoms. The Morgan fingerprint density at radius 3 is 2.10 bits per heavy atom. The fourth-order valence-electron chi connectivity index (χ4n) is 3.08. The number of anilines is 1. The molecule has 0 saturated heterocycles. The Morgan fingerprint density at radius 1 is 0.871 bits per heavy atom. The Balaban J connectivity index is 1.56. The summed E-state index contributed by atoms with van der Waals surface area (Å²) in [6, 6.07) is 24.1. The summed E-state index contributed by atoms with van der Waals surface area (Å²) in [6.07, 6.45) is 0. The molecular formula is C25H26N2O4. The lowest BCUT2D eigenvalue weighted by Crippen LogP contribution is -2.43. The van der Waals surface area contributed by atoms with Gasteiger partial charge in [-0.1, -0.05) is 54.6 Å². The van der Waals surface area contributed by atoms with Gasteiger partial charge in [0.05, 0.1) is 13.2 Å². The van der Waals surface area contributed by atoms with Crippen LogP contribution >= 0.6 is 0 Å². The Hall–Kier alpha value is -3.64. The summed E-state index contributed by atoms with van der Waals surface area (Å²) in [7, 11) is 0. The van der Waals surface area contributed by atoms with Gasteiger partial charge in [-0.2, -0.15) is 0 Å². The van der Waals surface area contributed by atoms with Crippen LogP contribution in [0.5, 0.6) is 5.75 Å². The molecule has 0 radical (unpaired) electrons. The molecule has 2 amide bonds. The number of ether oxygens (including phenoxy) is 1. The SMILES string of the molecule is CCOc1ccc(NC(=O)C(=O)NCC(C)(O)c2ccc(-c3ccccc3)cc2)cc1. The number of rotatable bonds is 7. The van der Waals surface area contributed by atoms with Crippen LogP contribution in [-0.2, 0) is 15.2 Å². The van der Waals surface area contributed by atoms with Crippen LogP contribution in [0.15, 0.2) is 78.9 Å². The Bertz CT molecular complexity index is 1010. The van der Waals surface area contributed by atoms with Crippen LogP contribution in [0.1, 0.15) is 19.4 Å². The zero-order valence-corrected chi connectivity index (χ0v) is 17.6. The third-order valence-electron chi connectivity index (χ3n) is 4.84. The normalized spacial score (nSPS) is 12.5. The zero-order valence-electron chi connectivity index (χ0n) is 17.6. The molecular weight excluding hydrogens is 392 g/mol. The van der Waals surface area contributed by atoms with Gasteiger partial charge in [-0.15, -0.1) is 0 Å². The minimum absolute atomic E-state index is 0.104. The van der Waals surface area contributed by atoms with E-state index in [1.807, 2.05) is 61.5 Å². The van der Waals surface area contributed by atoms with Gasteiger partial charge >= 0.3 is 11.8 Å². The van der Waals surface area contributed by atoms with E-state index < -0.39 is 17.4 Å². The number of amides is 2. The van der Waals surface area contributed by atoms with Crippen LogP contribution in [0.4, 0.5) is 5.69 Å². The molecule has 0 aromatic heterocycles. The van der Waals surface area contributed by atoms with Crippen LogP contribution in [0, 0.1) is 0 Å². The largest absolute Gasteiger partial charge is 0.494 e. The maximum absolute atomic E-state index is 12.2.